The lowest BCUT2D eigenvalue weighted by molar-refractivity contribution is -0.114. The number of amides is 1. The SMILES string of the molecule is CC(=O)Nc1onc(C)c1-c1ccc(C)c(S(=O)(=O)N(C)Cc2ccco2)c1. The van der Waals surface area contributed by atoms with Gasteiger partial charge in [0.05, 0.1) is 29.0 Å². The molecule has 0 atom stereocenters. The van der Waals surface area contributed by atoms with Crippen LogP contribution in [0.5, 0.6) is 0 Å². The number of carbonyl (C=O) groups is 1. The maximum Gasteiger partial charge on any atom is 0.243 e. The van der Waals surface area contributed by atoms with Crippen LogP contribution in [0.1, 0.15) is 23.9 Å². The summed E-state index contributed by atoms with van der Waals surface area (Å²) in [4.78, 5) is 11.6. The highest BCUT2D eigenvalue weighted by Gasteiger charge is 2.26. The summed E-state index contributed by atoms with van der Waals surface area (Å²) in [5, 5.41) is 6.46. The van der Waals surface area contributed by atoms with Gasteiger partial charge in [-0.15, -0.1) is 0 Å². The second-order valence-electron chi connectivity index (χ2n) is 6.47. The summed E-state index contributed by atoms with van der Waals surface area (Å²) in [6, 6.07) is 8.47. The summed E-state index contributed by atoms with van der Waals surface area (Å²) < 4.78 is 37.9. The zero-order valence-corrected chi connectivity index (χ0v) is 16.8. The van der Waals surface area contributed by atoms with E-state index in [2.05, 4.69) is 10.5 Å². The Morgan fingerprint density at radius 3 is 2.64 bits per heavy atom. The molecule has 3 aromatic rings. The smallest absolute Gasteiger partial charge is 0.243 e. The van der Waals surface area contributed by atoms with Crippen LogP contribution in [0.4, 0.5) is 5.88 Å². The van der Waals surface area contributed by atoms with Gasteiger partial charge in [0.2, 0.25) is 21.8 Å². The third kappa shape index (κ3) is 3.85. The molecular weight excluding hydrogens is 382 g/mol. The Kier molecular flexibility index (Phi) is 5.39. The van der Waals surface area contributed by atoms with Crippen molar-refractivity contribution in [1.82, 2.24) is 9.46 Å². The molecule has 0 spiro atoms. The highest BCUT2D eigenvalue weighted by atomic mass is 32.2. The van der Waals surface area contributed by atoms with Gasteiger partial charge >= 0.3 is 0 Å². The van der Waals surface area contributed by atoms with E-state index >= 15 is 0 Å². The zero-order valence-electron chi connectivity index (χ0n) is 16.0. The molecular formula is C19H21N3O5S. The molecule has 1 aromatic carbocycles. The molecule has 1 amide bonds. The van der Waals surface area contributed by atoms with Crippen LogP contribution in [-0.4, -0.2) is 30.8 Å². The normalized spacial score (nSPS) is 11.8. The molecule has 2 heterocycles. The molecule has 0 fully saturated rings. The molecule has 0 bridgehead atoms. The summed E-state index contributed by atoms with van der Waals surface area (Å²) in [5.41, 5.74) is 2.27. The molecule has 0 aliphatic rings. The summed E-state index contributed by atoms with van der Waals surface area (Å²) in [6.45, 7) is 4.92. The molecule has 0 aliphatic carbocycles. The maximum atomic E-state index is 13.1. The van der Waals surface area contributed by atoms with Crippen LogP contribution in [0.15, 0.2) is 50.4 Å². The lowest BCUT2D eigenvalue weighted by Gasteiger charge is -2.18. The van der Waals surface area contributed by atoms with E-state index in [1.165, 1.54) is 24.5 Å². The minimum absolute atomic E-state index is 0.114. The first-order chi connectivity index (χ1) is 13.2. The number of nitrogens with one attached hydrogen (secondary N) is 1. The monoisotopic (exact) mass is 403 g/mol. The number of aryl methyl sites for hydroxylation is 2. The molecule has 28 heavy (non-hydrogen) atoms. The van der Waals surface area contributed by atoms with Crippen molar-refractivity contribution < 1.29 is 22.2 Å². The first-order valence-electron chi connectivity index (χ1n) is 8.53. The molecule has 0 unspecified atom stereocenters. The Morgan fingerprint density at radius 1 is 1.25 bits per heavy atom. The third-order valence-corrected chi connectivity index (χ3v) is 6.22. The fraction of sp³-hybridized carbons (Fsp3) is 0.263. The van der Waals surface area contributed by atoms with Gasteiger partial charge in [-0.2, -0.15) is 4.31 Å². The Balaban J connectivity index is 2.03. The molecule has 3 rings (SSSR count). The Hall–Kier alpha value is -2.91. The Morgan fingerprint density at radius 2 is 2.00 bits per heavy atom. The minimum Gasteiger partial charge on any atom is -0.468 e. The number of rotatable bonds is 6. The third-order valence-electron chi connectivity index (χ3n) is 4.28. The van der Waals surface area contributed by atoms with Crippen molar-refractivity contribution in [2.24, 2.45) is 0 Å². The van der Waals surface area contributed by atoms with Gasteiger partial charge in [0.1, 0.15) is 5.76 Å². The number of sulfonamides is 1. The topological polar surface area (TPSA) is 106 Å². The number of furan rings is 1. The van der Waals surface area contributed by atoms with Crippen molar-refractivity contribution in [1.29, 1.82) is 0 Å². The van der Waals surface area contributed by atoms with Crippen molar-refractivity contribution in [2.45, 2.75) is 32.2 Å². The van der Waals surface area contributed by atoms with E-state index < -0.39 is 10.0 Å². The molecule has 1 N–H and O–H groups in total. The van der Waals surface area contributed by atoms with Crippen molar-refractivity contribution in [2.75, 3.05) is 12.4 Å². The molecule has 8 nitrogen and oxygen atoms in total. The number of anilines is 1. The van der Waals surface area contributed by atoms with Crippen molar-refractivity contribution in [3.63, 3.8) is 0 Å². The molecule has 0 aliphatic heterocycles. The lowest BCUT2D eigenvalue weighted by Crippen LogP contribution is -2.27. The van der Waals surface area contributed by atoms with Crippen LogP contribution in [0.2, 0.25) is 0 Å². The van der Waals surface area contributed by atoms with E-state index in [4.69, 9.17) is 8.94 Å². The van der Waals surface area contributed by atoms with Crippen LogP contribution >= 0.6 is 0 Å². The molecule has 9 heteroatoms. The predicted molar refractivity (Wildman–Crippen MR) is 103 cm³/mol. The van der Waals surface area contributed by atoms with Crippen LogP contribution in [0, 0.1) is 13.8 Å². The number of benzene rings is 1. The van der Waals surface area contributed by atoms with Gasteiger partial charge in [-0.05, 0) is 43.2 Å². The van der Waals surface area contributed by atoms with Gasteiger partial charge in [-0.1, -0.05) is 17.3 Å². The van der Waals surface area contributed by atoms with E-state index in [1.807, 2.05) is 0 Å². The van der Waals surface area contributed by atoms with Crippen molar-refractivity contribution in [3.05, 3.63) is 53.6 Å². The van der Waals surface area contributed by atoms with Crippen LogP contribution < -0.4 is 5.32 Å². The lowest BCUT2D eigenvalue weighted by atomic mass is 10.0. The average Bonchev–Trinajstić information content (AvgIpc) is 3.25. The summed E-state index contributed by atoms with van der Waals surface area (Å²) in [7, 11) is -2.28. The van der Waals surface area contributed by atoms with E-state index in [0.29, 0.717) is 28.1 Å². The predicted octanol–water partition coefficient (Wildman–Crippen LogP) is 3.33. The average molecular weight is 403 g/mol. The number of hydrogen-bond acceptors (Lipinski definition) is 6. The van der Waals surface area contributed by atoms with Gasteiger partial charge in [-0.25, -0.2) is 8.42 Å². The number of hydrogen-bond donors (Lipinski definition) is 1. The number of nitrogens with zero attached hydrogens (tertiary/aromatic N) is 2. The van der Waals surface area contributed by atoms with Crippen LogP contribution in [0.3, 0.4) is 0 Å². The van der Waals surface area contributed by atoms with Gasteiger partial charge in [-0.3, -0.25) is 10.1 Å². The van der Waals surface area contributed by atoms with E-state index in [-0.39, 0.29) is 23.2 Å². The number of carbonyl (C=O) groups excluding carboxylic acids is 1. The maximum absolute atomic E-state index is 13.1. The molecule has 2 aromatic heterocycles. The molecule has 0 radical (unpaired) electrons. The van der Waals surface area contributed by atoms with Crippen LogP contribution in [-0.2, 0) is 21.4 Å². The number of aromatic nitrogens is 1. The second-order valence-corrected chi connectivity index (χ2v) is 8.49. The fourth-order valence-electron chi connectivity index (χ4n) is 2.86. The first-order valence-corrected chi connectivity index (χ1v) is 9.97. The Bertz CT molecular complexity index is 1100. The minimum atomic E-state index is -3.77. The molecule has 148 valence electrons. The summed E-state index contributed by atoms with van der Waals surface area (Å²) in [5.74, 6) is 0.416. The largest absolute Gasteiger partial charge is 0.468 e. The fourth-order valence-corrected chi connectivity index (χ4v) is 4.25. The zero-order chi connectivity index (χ0) is 20.5. The van der Waals surface area contributed by atoms with Crippen molar-refractivity contribution >= 4 is 21.8 Å². The first kappa shape index (κ1) is 19.8. The molecule has 0 saturated heterocycles. The summed E-state index contributed by atoms with van der Waals surface area (Å²) in [6.07, 6.45) is 1.50. The van der Waals surface area contributed by atoms with Crippen molar-refractivity contribution in [3.8, 4) is 11.1 Å². The highest BCUT2D eigenvalue weighted by Crippen LogP contribution is 2.34. The quantitative estimate of drug-likeness (QED) is 0.677. The second kappa shape index (κ2) is 7.61. The molecule has 0 saturated carbocycles. The van der Waals surface area contributed by atoms with Gasteiger partial charge in [0.25, 0.3) is 0 Å². The standard InChI is InChI=1S/C19H21N3O5S/c1-12-7-8-15(18-13(2)21-27-19(18)20-14(3)23)10-17(12)28(24,25)22(4)11-16-6-5-9-26-16/h5-10H,11H2,1-4H3,(H,20,23). The van der Waals surface area contributed by atoms with Crippen LogP contribution in [0.25, 0.3) is 11.1 Å². The summed E-state index contributed by atoms with van der Waals surface area (Å²) >= 11 is 0. The van der Waals surface area contributed by atoms with E-state index in [0.717, 1.165) is 0 Å². The Labute approximate surface area is 163 Å². The highest BCUT2D eigenvalue weighted by molar-refractivity contribution is 7.89. The van der Waals surface area contributed by atoms with Gasteiger partial charge in [0.15, 0.2) is 0 Å². The van der Waals surface area contributed by atoms with E-state index in [9.17, 15) is 13.2 Å². The van der Waals surface area contributed by atoms with Gasteiger partial charge in [0, 0.05) is 14.0 Å². The van der Waals surface area contributed by atoms with Gasteiger partial charge < -0.3 is 8.94 Å². The van der Waals surface area contributed by atoms with E-state index in [1.54, 1.807) is 44.2 Å².